The minimum atomic E-state index is -0.485. The average Bonchev–Trinajstić information content (AvgIpc) is 2.67. The van der Waals surface area contributed by atoms with E-state index >= 15 is 0 Å². The Balaban J connectivity index is 1.40. The number of ether oxygens (including phenoxy) is 1. The summed E-state index contributed by atoms with van der Waals surface area (Å²) >= 11 is 0. The highest BCUT2D eigenvalue weighted by Crippen LogP contribution is 2.59. The number of fused-ring (bicyclic) bond motifs is 2. The van der Waals surface area contributed by atoms with E-state index in [4.69, 9.17) is 9.72 Å². The Labute approximate surface area is 172 Å². The van der Waals surface area contributed by atoms with Crippen LogP contribution >= 0.6 is 0 Å². The topological polar surface area (TPSA) is 71.5 Å². The van der Waals surface area contributed by atoms with Gasteiger partial charge < -0.3 is 15.2 Å². The van der Waals surface area contributed by atoms with Gasteiger partial charge in [-0.05, 0) is 100 Å². The highest BCUT2D eigenvalue weighted by atomic mass is 16.5. The molecule has 0 saturated heterocycles. The summed E-state index contributed by atoms with van der Waals surface area (Å²) in [6.45, 7) is 2.25. The van der Waals surface area contributed by atoms with E-state index in [-0.39, 0.29) is 11.5 Å². The molecule has 6 bridgehead atoms. The predicted octanol–water partition coefficient (Wildman–Crippen LogP) is 4.51. The summed E-state index contributed by atoms with van der Waals surface area (Å²) in [5, 5.41) is 15.0. The van der Waals surface area contributed by atoms with Gasteiger partial charge >= 0.3 is 5.97 Å². The normalized spacial score (nSPS) is 41.3. The van der Waals surface area contributed by atoms with Crippen LogP contribution in [-0.2, 0) is 4.74 Å². The fourth-order valence-corrected chi connectivity index (χ4v) is 8.15. The number of nitrogens with one attached hydrogen (secondary N) is 1. The zero-order valence-corrected chi connectivity index (χ0v) is 17.4. The van der Waals surface area contributed by atoms with E-state index in [1.54, 1.807) is 6.20 Å². The summed E-state index contributed by atoms with van der Waals surface area (Å²) < 4.78 is 5.36. The first-order valence-corrected chi connectivity index (χ1v) is 11.7. The Hall–Kier alpha value is -1.62. The monoisotopic (exact) mass is 396 g/mol. The molecule has 5 heteroatoms. The van der Waals surface area contributed by atoms with Gasteiger partial charge in [0.15, 0.2) is 0 Å². The molecule has 0 aromatic carbocycles. The molecule has 156 valence electrons. The number of anilines is 1. The van der Waals surface area contributed by atoms with Crippen LogP contribution in [-0.4, -0.2) is 33.8 Å². The summed E-state index contributed by atoms with van der Waals surface area (Å²) in [6.07, 6.45) is 12.9. The van der Waals surface area contributed by atoms with Crippen LogP contribution in [0.1, 0.15) is 104 Å². The van der Waals surface area contributed by atoms with Crippen LogP contribution in [0.3, 0.4) is 0 Å². The minimum absolute atomic E-state index is 0.0261. The molecule has 1 aromatic rings. The molecule has 0 spiro atoms. The Morgan fingerprint density at radius 2 is 1.79 bits per heavy atom. The van der Waals surface area contributed by atoms with E-state index in [0.717, 1.165) is 37.9 Å². The third-order valence-electron chi connectivity index (χ3n) is 8.61. The third-order valence-corrected chi connectivity index (χ3v) is 8.61. The average molecular weight is 397 g/mol. The molecule has 7 aliphatic carbocycles. The molecule has 29 heavy (non-hydrogen) atoms. The largest absolute Gasteiger partial charge is 0.462 e. The number of aromatic nitrogens is 1. The lowest BCUT2D eigenvalue weighted by Crippen LogP contribution is -2.62. The van der Waals surface area contributed by atoms with Crippen LogP contribution in [0.2, 0.25) is 0 Å². The number of rotatable bonds is 4. The lowest BCUT2D eigenvalue weighted by molar-refractivity contribution is -0.127. The molecule has 1 aromatic heterocycles. The van der Waals surface area contributed by atoms with Gasteiger partial charge in [0.25, 0.3) is 0 Å². The molecule has 2 atom stereocenters. The maximum atomic E-state index is 12.6. The van der Waals surface area contributed by atoms with Gasteiger partial charge in [0, 0.05) is 17.3 Å². The number of pyridine rings is 1. The van der Waals surface area contributed by atoms with Crippen molar-refractivity contribution in [1.29, 1.82) is 0 Å². The van der Waals surface area contributed by atoms with Crippen molar-refractivity contribution in [3.8, 4) is 0 Å². The number of aliphatic hydroxyl groups is 1. The van der Waals surface area contributed by atoms with E-state index < -0.39 is 5.60 Å². The first-order valence-electron chi connectivity index (χ1n) is 11.7. The summed E-state index contributed by atoms with van der Waals surface area (Å²) in [5.74, 6) is 3.00. The van der Waals surface area contributed by atoms with Gasteiger partial charge in [-0.1, -0.05) is 0 Å². The molecule has 5 nitrogen and oxygen atoms in total. The molecule has 8 rings (SSSR count). The predicted molar refractivity (Wildman–Crippen MR) is 110 cm³/mol. The van der Waals surface area contributed by atoms with Crippen molar-refractivity contribution in [2.24, 2.45) is 11.8 Å². The highest BCUT2D eigenvalue weighted by molar-refractivity contribution is 5.92. The standard InChI is InChI=1S/C24H32N2O3/c1-2-29-22(27)18-12-25-21(20-17-5-3-16(4-6-17)19(18)20)26-23-8-14-7-15(9-23)11-24(28,10-14)13-23/h12,14-17,28H,2-11,13H2,1H3,(H,25,26). The maximum absolute atomic E-state index is 12.6. The van der Waals surface area contributed by atoms with Crippen molar-refractivity contribution in [3.63, 3.8) is 0 Å². The minimum Gasteiger partial charge on any atom is -0.462 e. The van der Waals surface area contributed by atoms with Gasteiger partial charge in [-0.3, -0.25) is 0 Å². The quantitative estimate of drug-likeness (QED) is 0.733. The molecule has 7 aliphatic rings. The second-order valence-electron chi connectivity index (χ2n) is 10.7. The van der Waals surface area contributed by atoms with Crippen molar-refractivity contribution < 1.29 is 14.6 Å². The van der Waals surface area contributed by atoms with Crippen LogP contribution in [0, 0.1) is 11.8 Å². The molecular formula is C24H32N2O3. The Morgan fingerprint density at radius 1 is 1.14 bits per heavy atom. The summed E-state index contributed by atoms with van der Waals surface area (Å²) in [5.41, 5.74) is 2.68. The van der Waals surface area contributed by atoms with Crippen molar-refractivity contribution in [3.05, 3.63) is 22.9 Å². The fraction of sp³-hybridized carbons (Fsp3) is 0.750. The molecule has 2 unspecified atom stereocenters. The highest BCUT2D eigenvalue weighted by Gasteiger charge is 2.57. The van der Waals surface area contributed by atoms with Crippen LogP contribution < -0.4 is 5.32 Å². The number of hydrogen-bond donors (Lipinski definition) is 2. The van der Waals surface area contributed by atoms with E-state index in [2.05, 4.69) is 5.32 Å². The zero-order valence-electron chi connectivity index (χ0n) is 17.4. The first kappa shape index (κ1) is 18.2. The Bertz CT molecular complexity index is 844. The molecule has 0 aliphatic heterocycles. The summed E-state index contributed by atoms with van der Waals surface area (Å²) in [4.78, 5) is 17.5. The number of hydrogen-bond acceptors (Lipinski definition) is 5. The van der Waals surface area contributed by atoms with Gasteiger partial charge in [0.2, 0.25) is 0 Å². The molecule has 2 N–H and O–H groups in total. The van der Waals surface area contributed by atoms with E-state index in [0.29, 0.717) is 35.8 Å². The third kappa shape index (κ3) is 2.76. The van der Waals surface area contributed by atoms with Crippen LogP contribution in [0.25, 0.3) is 0 Å². The molecule has 5 saturated carbocycles. The van der Waals surface area contributed by atoms with Crippen LogP contribution in [0.4, 0.5) is 5.82 Å². The fourth-order valence-electron chi connectivity index (χ4n) is 8.15. The Kier molecular flexibility index (Phi) is 3.88. The summed E-state index contributed by atoms with van der Waals surface area (Å²) in [7, 11) is 0. The molecule has 1 heterocycles. The van der Waals surface area contributed by atoms with E-state index in [1.807, 2.05) is 6.92 Å². The SMILES string of the molecule is CCOC(=O)c1cnc(NC23CC4CC(CC(O)(C4)C2)C3)c2c1C1CCC2CC1. The second-order valence-corrected chi connectivity index (χ2v) is 10.7. The van der Waals surface area contributed by atoms with E-state index in [1.165, 1.54) is 43.2 Å². The van der Waals surface area contributed by atoms with Crippen molar-refractivity contribution in [1.82, 2.24) is 4.98 Å². The van der Waals surface area contributed by atoms with Gasteiger partial charge in [0.05, 0.1) is 17.8 Å². The smallest absolute Gasteiger partial charge is 0.339 e. The van der Waals surface area contributed by atoms with Gasteiger partial charge in [-0.15, -0.1) is 0 Å². The van der Waals surface area contributed by atoms with E-state index in [9.17, 15) is 9.90 Å². The molecule has 5 fully saturated rings. The number of carbonyl (C=O) groups excluding carboxylic acids is 1. The summed E-state index contributed by atoms with van der Waals surface area (Å²) in [6, 6.07) is 0. The maximum Gasteiger partial charge on any atom is 0.339 e. The second kappa shape index (κ2) is 6.19. The van der Waals surface area contributed by atoms with Crippen LogP contribution in [0.15, 0.2) is 6.20 Å². The molecular weight excluding hydrogens is 364 g/mol. The zero-order chi connectivity index (χ0) is 19.8. The van der Waals surface area contributed by atoms with Gasteiger partial charge in [0.1, 0.15) is 5.82 Å². The lowest BCUT2D eigenvalue weighted by atomic mass is 9.51. The first-order chi connectivity index (χ1) is 14.0. The van der Waals surface area contributed by atoms with Crippen molar-refractivity contribution in [2.45, 2.75) is 94.1 Å². The van der Waals surface area contributed by atoms with Gasteiger partial charge in [-0.2, -0.15) is 0 Å². The molecule has 0 amide bonds. The van der Waals surface area contributed by atoms with Crippen LogP contribution in [0.5, 0.6) is 0 Å². The number of nitrogens with zero attached hydrogens (tertiary/aromatic N) is 1. The van der Waals surface area contributed by atoms with Gasteiger partial charge in [-0.25, -0.2) is 9.78 Å². The lowest BCUT2D eigenvalue weighted by Gasteiger charge is -2.60. The van der Waals surface area contributed by atoms with Crippen molar-refractivity contribution in [2.75, 3.05) is 11.9 Å². The van der Waals surface area contributed by atoms with Crippen molar-refractivity contribution >= 4 is 11.8 Å². The number of esters is 1. The Morgan fingerprint density at radius 3 is 2.41 bits per heavy atom. The molecule has 0 radical (unpaired) electrons. The number of carbonyl (C=O) groups is 1.